The van der Waals surface area contributed by atoms with Gasteiger partial charge in [-0.2, -0.15) is 5.10 Å². The Morgan fingerprint density at radius 2 is 1.95 bits per heavy atom. The van der Waals surface area contributed by atoms with Crippen molar-refractivity contribution in [2.45, 2.75) is 6.54 Å². The number of pyridine rings is 1. The Morgan fingerprint density at radius 3 is 2.60 bits per heavy atom. The maximum atomic E-state index is 4.33. The monoisotopic (exact) mass is 328 g/mol. The van der Waals surface area contributed by atoms with E-state index in [4.69, 9.17) is 0 Å². The Labute approximate surface area is 125 Å². The highest BCUT2D eigenvalue weighted by molar-refractivity contribution is 9.10. The van der Waals surface area contributed by atoms with Gasteiger partial charge in [-0.1, -0.05) is 0 Å². The second kappa shape index (κ2) is 5.88. The van der Waals surface area contributed by atoms with E-state index in [0.29, 0.717) is 6.54 Å². The SMILES string of the molecule is Brc1ccc(CNc2ccc(-n3cccn3)cc2)nc1. The van der Waals surface area contributed by atoms with Crippen LogP contribution in [-0.2, 0) is 6.54 Å². The summed E-state index contributed by atoms with van der Waals surface area (Å²) in [5.41, 5.74) is 3.11. The molecule has 2 aromatic heterocycles. The number of nitrogens with one attached hydrogen (secondary N) is 1. The van der Waals surface area contributed by atoms with Crippen molar-refractivity contribution in [3.63, 3.8) is 0 Å². The minimum Gasteiger partial charge on any atom is -0.379 e. The Morgan fingerprint density at radius 1 is 1.10 bits per heavy atom. The van der Waals surface area contributed by atoms with Crippen molar-refractivity contribution >= 4 is 21.6 Å². The average molecular weight is 329 g/mol. The molecule has 0 aliphatic rings. The van der Waals surface area contributed by atoms with Crippen LogP contribution in [0, 0.1) is 0 Å². The first-order valence-electron chi connectivity index (χ1n) is 6.26. The fourth-order valence-electron chi connectivity index (χ4n) is 1.86. The van der Waals surface area contributed by atoms with Crippen LogP contribution in [-0.4, -0.2) is 14.8 Å². The van der Waals surface area contributed by atoms with Gasteiger partial charge in [0.2, 0.25) is 0 Å². The van der Waals surface area contributed by atoms with Crippen molar-refractivity contribution < 1.29 is 0 Å². The van der Waals surface area contributed by atoms with Crippen LogP contribution in [0.1, 0.15) is 5.69 Å². The molecular formula is C15H13BrN4. The lowest BCUT2D eigenvalue weighted by molar-refractivity contribution is 0.880. The Balaban J connectivity index is 1.65. The molecule has 3 aromatic rings. The highest BCUT2D eigenvalue weighted by Gasteiger charge is 1.98. The van der Waals surface area contributed by atoms with Crippen LogP contribution in [0.2, 0.25) is 0 Å². The first-order valence-corrected chi connectivity index (χ1v) is 7.05. The second-order valence-electron chi connectivity index (χ2n) is 4.32. The van der Waals surface area contributed by atoms with Crippen molar-refractivity contribution in [3.8, 4) is 5.69 Å². The molecule has 20 heavy (non-hydrogen) atoms. The van der Waals surface area contributed by atoms with Crippen molar-refractivity contribution in [1.29, 1.82) is 0 Å². The fraction of sp³-hybridized carbons (Fsp3) is 0.0667. The van der Waals surface area contributed by atoms with E-state index < -0.39 is 0 Å². The predicted molar refractivity (Wildman–Crippen MR) is 82.8 cm³/mol. The number of benzene rings is 1. The molecule has 0 spiro atoms. The largest absolute Gasteiger partial charge is 0.379 e. The van der Waals surface area contributed by atoms with Crippen molar-refractivity contribution in [3.05, 3.63) is 71.2 Å². The highest BCUT2D eigenvalue weighted by atomic mass is 79.9. The van der Waals surface area contributed by atoms with E-state index in [1.54, 1.807) is 12.4 Å². The second-order valence-corrected chi connectivity index (χ2v) is 5.23. The molecule has 2 heterocycles. The molecule has 0 saturated heterocycles. The quantitative estimate of drug-likeness (QED) is 0.795. The number of halogens is 1. The smallest absolute Gasteiger partial charge is 0.0647 e. The molecule has 0 aliphatic heterocycles. The zero-order valence-electron chi connectivity index (χ0n) is 10.7. The van der Waals surface area contributed by atoms with Gasteiger partial charge in [-0.25, -0.2) is 4.68 Å². The molecule has 0 radical (unpaired) electrons. The van der Waals surface area contributed by atoms with Gasteiger partial charge in [-0.3, -0.25) is 4.98 Å². The van der Waals surface area contributed by atoms with Crippen LogP contribution in [0.15, 0.2) is 65.5 Å². The number of rotatable bonds is 4. The summed E-state index contributed by atoms with van der Waals surface area (Å²) in [5.74, 6) is 0. The van der Waals surface area contributed by atoms with Gasteiger partial charge in [0.05, 0.1) is 17.9 Å². The van der Waals surface area contributed by atoms with Crippen LogP contribution >= 0.6 is 15.9 Å². The van der Waals surface area contributed by atoms with Gasteiger partial charge >= 0.3 is 0 Å². The number of nitrogens with zero attached hydrogens (tertiary/aromatic N) is 3. The van der Waals surface area contributed by atoms with Gasteiger partial charge in [-0.15, -0.1) is 0 Å². The van der Waals surface area contributed by atoms with Gasteiger partial charge in [-0.05, 0) is 58.4 Å². The molecule has 0 unspecified atom stereocenters. The first kappa shape index (κ1) is 12.9. The van der Waals surface area contributed by atoms with Gasteiger partial charge in [0.15, 0.2) is 0 Å². The molecule has 100 valence electrons. The summed E-state index contributed by atoms with van der Waals surface area (Å²) in [6.07, 6.45) is 5.50. The number of anilines is 1. The van der Waals surface area contributed by atoms with Gasteiger partial charge in [0.1, 0.15) is 0 Å². The molecular weight excluding hydrogens is 316 g/mol. The summed E-state index contributed by atoms with van der Waals surface area (Å²) in [4.78, 5) is 4.33. The van der Waals surface area contributed by atoms with Crippen molar-refractivity contribution in [2.24, 2.45) is 0 Å². The van der Waals surface area contributed by atoms with E-state index >= 15 is 0 Å². The van der Waals surface area contributed by atoms with Gasteiger partial charge < -0.3 is 5.32 Å². The Kier molecular flexibility index (Phi) is 3.78. The minimum absolute atomic E-state index is 0.703. The number of hydrogen-bond acceptors (Lipinski definition) is 3. The zero-order valence-corrected chi connectivity index (χ0v) is 12.3. The highest BCUT2D eigenvalue weighted by Crippen LogP contribution is 2.14. The lowest BCUT2D eigenvalue weighted by atomic mass is 10.2. The molecule has 0 aliphatic carbocycles. The molecule has 4 nitrogen and oxygen atoms in total. The fourth-order valence-corrected chi connectivity index (χ4v) is 2.09. The third-order valence-electron chi connectivity index (χ3n) is 2.90. The van der Waals surface area contributed by atoms with Crippen LogP contribution < -0.4 is 5.32 Å². The molecule has 0 atom stereocenters. The zero-order chi connectivity index (χ0) is 13.8. The summed E-state index contributed by atoms with van der Waals surface area (Å²) >= 11 is 3.38. The van der Waals surface area contributed by atoms with Gasteiger partial charge in [0.25, 0.3) is 0 Å². The summed E-state index contributed by atoms with van der Waals surface area (Å²) in [6, 6.07) is 14.0. The van der Waals surface area contributed by atoms with E-state index in [1.165, 1.54) is 0 Å². The number of aromatic nitrogens is 3. The number of hydrogen-bond donors (Lipinski definition) is 1. The molecule has 1 aromatic carbocycles. The van der Waals surface area contributed by atoms with E-state index in [-0.39, 0.29) is 0 Å². The molecule has 1 N–H and O–H groups in total. The van der Waals surface area contributed by atoms with Crippen LogP contribution in [0.4, 0.5) is 5.69 Å². The maximum absolute atomic E-state index is 4.33. The van der Waals surface area contributed by atoms with Crippen LogP contribution in [0.25, 0.3) is 5.69 Å². The van der Waals surface area contributed by atoms with E-state index in [9.17, 15) is 0 Å². The molecule has 0 amide bonds. The molecule has 3 rings (SSSR count). The normalized spacial score (nSPS) is 10.4. The Bertz CT molecular complexity index is 660. The van der Waals surface area contributed by atoms with Crippen LogP contribution in [0.5, 0.6) is 0 Å². The van der Waals surface area contributed by atoms with Crippen molar-refractivity contribution in [2.75, 3.05) is 5.32 Å². The van der Waals surface area contributed by atoms with Crippen LogP contribution in [0.3, 0.4) is 0 Å². The van der Waals surface area contributed by atoms with E-state index in [2.05, 4.69) is 31.3 Å². The lowest BCUT2D eigenvalue weighted by Gasteiger charge is -2.07. The third-order valence-corrected chi connectivity index (χ3v) is 3.37. The molecule has 0 saturated carbocycles. The summed E-state index contributed by atoms with van der Waals surface area (Å²) in [7, 11) is 0. The molecule has 0 bridgehead atoms. The molecule has 5 heteroatoms. The summed E-state index contributed by atoms with van der Waals surface area (Å²) in [5, 5.41) is 7.55. The predicted octanol–water partition coefficient (Wildman–Crippen LogP) is 3.64. The first-order chi connectivity index (χ1) is 9.81. The van der Waals surface area contributed by atoms with E-state index in [1.807, 2.05) is 53.3 Å². The summed E-state index contributed by atoms with van der Waals surface area (Å²) in [6.45, 7) is 0.703. The average Bonchev–Trinajstić information content (AvgIpc) is 3.01. The lowest BCUT2D eigenvalue weighted by Crippen LogP contribution is -2.01. The topological polar surface area (TPSA) is 42.7 Å². The third kappa shape index (κ3) is 3.05. The van der Waals surface area contributed by atoms with Crippen molar-refractivity contribution in [1.82, 2.24) is 14.8 Å². The minimum atomic E-state index is 0.703. The van der Waals surface area contributed by atoms with E-state index in [0.717, 1.165) is 21.5 Å². The summed E-state index contributed by atoms with van der Waals surface area (Å²) < 4.78 is 2.82. The maximum Gasteiger partial charge on any atom is 0.0647 e. The standard InChI is InChI=1S/C15H13BrN4/c16-12-2-3-14(17-10-12)11-18-13-4-6-15(7-5-13)20-9-1-8-19-20/h1-10,18H,11H2. The molecule has 0 fully saturated rings. The van der Waals surface area contributed by atoms with Gasteiger partial charge in [0, 0.05) is 28.8 Å². The Hall–Kier alpha value is -2.14.